The highest BCUT2D eigenvalue weighted by Crippen LogP contribution is 2.21. The normalized spacial score (nSPS) is 10.4. The van der Waals surface area contributed by atoms with Crippen LogP contribution in [0.1, 0.15) is 18.9 Å². The van der Waals surface area contributed by atoms with Crippen LogP contribution in [0.4, 0.5) is 4.39 Å². The van der Waals surface area contributed by atoms with E-state index in [4.69, 9.17) is 5.73 Å². The highest BCUT2D eigenvalue weighted by molar-refractivity contribution is 7.99. The zero-order valence-electron chi connectivity index (χ0n) is 7.72. The fraction of sp³-hybridized carbons (Fsp3) is 0.400. The molecule has 0 atom stereocenters. The van der Waals surface area contributed by atoms with Crippen molar-refractivity contribution in [3.05, 3.63) is 29.6 Å². The summed E-state index contributed by atoms with van der Waals surface area (Å²) < 4.78 is 13.0. The van der Waals surface area contributed by atoms with E-state index < -0.39 is 0 Å². The minimum absolute atomic E-state index is 0.193. The first-order chi connectivity index (χ1) is 6.26. The van der Waals surface area contributed by atoms with Gasteiger partial charge in [0.15, 0.2) is 0 Å². The second-order valence-electron chi connectivity index (χ2n) is 2.85. The fourth-order valence-electron chi connectivity index (χ4n) is 1.04. The molecule has 3 heteroatoms. The van der Waals surface area contributed by atoms with Crippen LogP contribution >= 0.6 is 11.8 Å². The molecule has 0 saturated heterocycles. The van der Waals surface area contributed by atoms with Gasteiger partial charge in [0.2, 0.25) is 0 Å². The van der Waals surface area contributed by atoms with Crippen LogP contribution in [-0.4, -0.2) is 5.75 Å². The Morgan fingerprint density at radius 1 is 1.38 bits per heavy atom. The maximum absolute atomic E-state index is 13.0. The molecule has 1 rings (SSSR count). The monoisotopic (exact) mass is 199 g/mol. The van der Waals surface area contributed by atoms with Crippen molar-refractivity contribution in [3.63, 3.8) is 0 Å². The quantitative estimate of drug-likeness (QED) is 0.755. The highest BCUT2D eigenvalue weighted by Gasteiger charge is 1.99. The zero-order valence-corrected chi connectivity index (χ0v) is 8.53. The summed E-state index contributed by atoms with van der Waals surface area (Å²) in [5.41, 5.74) is 6.30. The molecule has 0 saturated carbocycles. The smallest absolute Gasteiger partial charge is 0.124 e. The third-order valence-corrected chi connectivity index (χ3v) is 2.82. The average molecular weight is 199 g/mol. The second kappa shape index (κ2) is 5.25. The molecule has 0 spiro atoms. The van der Waals surface area contributed by atoms with E-state index >= 15 is 0 Å². The molecular weight excluding hydrogens is 185 g/mol. The Kier molecular flexibility index (Phi) is 4.25. The van der Waals surface area contributed by atoms with Crippen LogP contribution in [-0.2, 0) is 6.54 Å². The minimum atomic E-state index is -0.193. The van der Waals surface area contributed by atoms with Gasteiger partial charge in [0.05, 0.1) is 0 Å². The van der Waals surface area contributed by atoms with E-state index in [1.165, 1.54) is 6.07 Å². The predicted molar refractivity (Wildman–Crippen MR) is 55.3 cm³/mol. The van der Waals surface area contributed by atoms with Crippen molar-refractivity contribution in [2.24, 2.45) is 5.73 Å². The number of rotatable bonds is 4. The van der Waals surface area contributed by atoms with Crippen LogP contribution in [0.25, 0.3) is 0 Å². The van der Waals surface area contributed by atoms with Gasteiger partial charge in [0, 0.05) is 11.4 Å². The minimum Gasteiger partial charge on any atom is -0.326 e. The molecule has 0 aliphatic carbocycles. The van der Waals surface area contributed by atoms with Gasteiger partial charge in [-0.1, -0.05) is 6.92 Å². The molecule has 0 radical (unpaired) electrons. The van der Waals surface area contributed by atoms with Crippen LogP contribution in [0.3, 0.4) is 0 Å². The van der Waals surface area contributed by atoms with E-state index in [0.717, 1.165) is 22.6 Å². The molecule has 2 N–H and O–H groups in total. The van der Waals surface area contributed by atoms with E-state index in [0.29, 0.717) is 6.54 Å². The summed E-state index contributed by atoms with van der Waals surface area (Å²) in [4.78, 5) is 0.974. The topological polar surface area (TPSA) is 26.0 Å². The Balaban J connectivity index is 2.76. The van der Waals surface area contributed by atoms with Gasteiger partial charge < -0.3 is 5.73 Å². The van der Waals surface area contributed by atoms with Crippen molar-refractivity contribution in [2.45, 2.75) is 24.8 Å². The van der Waals surface area contributed by atoms with Crippen LogP contribution in [0.2, 0.25) is 0 Å². The largest absolute Gasteiger partial charge is 0.326 e. The molecule has 72 valence electrons. The van der Waals surface area contributed by atoms with Crippen molar-refractivity contribution in [2.75, 3.05) is 5.75 Å². The second-order valence-corrected chi connectivity index (χ2v) is 4.02. The predicted octanol–water partition coefficient (Wildman–Crippen LogP) is 2.79. The van der Waals surface area contributed by atoms with Crippen LogP contribution in [0.5, 0.6) is 0 Å². The molecule has 0 fully saturated rings. The average Bonchev–Trinajstić information content (AvgIpc) is 2.14. The fourth-order valence-corrected chi connectivity index (χ4v) is 1.91. The van der Waals surface area contributed by atoms with Gasteiger partial charge in [-0.3, -0.25) is 0 Å². The number of benzene rings is 1. The van der Waals surface area contributed by atoms with Crippen molar-refractivity contribution in [3.8, 4) is 0 Å². The molecule has 0 aliphatic rings. The van der Waals surface area contributed by atoms with Gasteiger partial charge in [-0.2, -0.15) is 0 Å². The summed E-state index contributed by atoms with van der Waals surface area (Å²) in [6.45, 7) is 2.51. The van der Waals surface area contributed by atoms with Crippen LogP contribution < -0.4 is 5.73 Å². The highest BCUT2D eigenvalue weighted by atomic mass is 32.2. The van der Waals surface area contributed by atoms with Gasteiger partial charge in [0.25, 0.3) is 0 Å². The summed E-state index contributed by atoms with van der Waals surface area (Å²) in [5, 5.41) is 0. The van der Waals surface area contributed by atoms with Gasteiger partial charge in [-0.15, -0.1) is 11.8 Å². The van der Waals surface area contributed by atoms with Crippen LogP contribution in [0, 0.1) is 5.82 Å². The maximum Gasteiger partial charge on any atom is 0.124 e. The molecule has 0 aromatic heterocycles. The Morgan fingerprint density at radius 3 is 2.77 bits per heavy atom. The summed E-state index contributed by atoms with van der Waals surface area (Å²) in [6, 6.07) is 4.99. The number of halogens is 1. The first-order valence-electron chi connectivity index (χ1n) is 4.38. The summed E-state index contributed by atoms with van der Waals surface area (Å²) in [5.74, 6) is 0.828. The molecule has 0 unspecified atom stereocenters. The lowest BCUT2D eigenvalue weighted by Gasteiger charge is -2.03. The first-order valence-corrected chi connectivity index (χ1v) is 5.37. The van der Waals surface area contributed by atoms with Gasteiger partial charge in [0.1, 0.15) is 5.82 Å². The number of hydrogen-bond donors (Lipinski definition) is 1. The Hall–Kier alpha value is -0.540. The summed E-state index contributed by atoms with van der Waals surface area (Å²) in [7, 11) is 0. The molecule has 1 nitrogen and oxygen atoms in total. The number of nitrogens with two attached hydrogens (primary N) is 1. The molecule has 1 aromatic rings. The molecule has 0 aliphatic heterocycles. The Bertz CT molecular complexity index is 276. The van der Waals surface area contributed by atoms with E-state index in [1.54, 1.807) is 17.8 Å². The van der Waals surface area contributed by atoms with Crippen molar-refractivity contribution >= 4 is 11.8 Å². The zero-order chi connectivity index (χ0) is 9.68. The van der Waals surface area contributed by atoms with E-state index in [1.807, 2.05) is 6.07 Å². The van der Waals surface area contributed by atoms with E-state index in [2.05, 4.69) is 6.92 Å². The van der Waals surface area contributed by atoms with E-state index in [9.17, 15) is 4.39 Å². The standard InChI is InChI=1S/C10H14FNS/c1-2-3-13-10-5-8(7-12)4-9(11)6-10/h4-6H,2-3,7,12H2,1H3. The maximum atomic E-state index is 13.0. The van der Waals surface area contributed by atoms with Gasteiger partial charge in [-0.05, 0) is 35.9 Å². The number of hydrogen-bond acceptors (Lipinski definition) is 2. The molecule has 0 bridgehead atoms. The molecule has 13 heavy (non-hydrogen) atoms. The van der Waals surface area contributed by atoms with Crippen LogP contribution in [0.15, 0.2) is 23.1 Å². The lowest BCUT2D eigenvalue weighted by molar-refractivity contribution is 0.621. The van der Waals surface area contributed by atoms with Crippen molar-refractivity contribution in [1.29, 1.82) is 0 Å². The Labute approximate surface area is 82.5 Å². The molecule has 0 heterocycles. The Morgan fingerprint density at radius 2 is 2.15 bits per heavy atom. The summed E-state index contributed by atoms with van der Waals surface area (Å²) >= 11 is 1.67. The van der Waals surface area contributed by atoms with Gasteiger partial charge >= 0.3 is 0 Å². The lowest BCUT2D eigenvalue weighted by atomic mass is 10.2. The number of thioether (sulfide) groups is 1. The third kappa shape index (κ3) is 3.36. The van der Waals surface area contributed by atoms with Gasteiger partial charge in [-0.25, -0.2) is 4.39 Å². The van der Waals surface area contributed by atoms with Crippen molar-refractivity contribution < 1.29 is 4.39 Å². The van der Waals surface area contributed by atoms with Crippen molar-refractivity contribution in [1.82, 2.24) is 0 Å². The SMILES string of the molecule is CCCSc1cc(F)cc(CN)c1. The molecular formula is C10H14FNS. The first kappa shape index (κ1) is 10.5. The summed E-state index contributed by atoms with van der Waals surface area (Å²) in [6.07, 6.45) is 1.10. The van der Waals surface area contributed by atoms with E-state index in [-0.39, 0.29) is 5.82 Å². The third-order valence-electron chi connectivity index (χ3n) is 1.64. The lowest BCUT2D eigenvalue weighted by Crippen LogP contribution is -1.97. The molecule has 0 amide bonds. The molecule has 1 aromatic carbocycles.